The van der Waals surface area contributed by atoms with Crippen molar-refractivity contribution in [1.29, 1.82) is 0 Å². The number of carbonyl (C=O) groups excluding carboxylic acids is 1. The van der Waals surface area contributed by atoms with Crippen LogP contribution in [0.15, 0.2) is 24.3 Å². The number of benzene rings is 1. The van der Waals surface area contributed by atoms with Crippen molar-refractivity contribution < 1.29 is 19.0 Å². The van der Waals surface area contributed by atoms with Gasteiger partial charge in [0.2, 0.25) is 0 Å². The third-order valence-corrected chi connectivity index (χ3v) is 3.99. The monoisotopic (exact) mass is 310 g/mol. The van der Waals surface area contributed by atoms with Crippen LogP contribution in [0.2, 0.25) is 0 Å². The third kappa shape index (κ3) is 4.68. The van der Waals surface area contributed by atoms with Crippen molar-refractivity contribution in [1.82, 2.24) is 10.6 Å². The Morgan fingerprint density at radius 1 is 1.41 bits per heavy atom. The first-order valence-electron chi connectivity index (χ1n) is 7.57. The number of methoxy groups -OCH3 is 1. The fourth-order valence-corrected chi connectivity index (χ4v) is 2.92. The minimum atomic E-state index is -0.716. The highest BCUT2D eigenvalue weighted by Crippen LogP contribution is 2.34. The summed E-state index contributed by atoms with van der Waals surface area (Å²) < 4.78 is 17.8. The smallest absolute Gasteiger partial charge is 0.315 e. The van der Waals surface area contributed by atoms with Crippen molar-refractivity contribution in [2.45, 2.75) is 37.3 Å². The lowest BCUT2D eigenvalue weighted by atomic mass is 9.94. The molecule has 2 amide bonds. The van der Waals surface area contributed by atoms with Gasteiger partial charge in [0, 0.05) is 25.6 Å². The van der Waals surface area contributed by atoms with Crippen molar-refractivity contribution in [2.75, 3.05) is 20.3 Å². The first kappa shape index (κ1) is 16.7. The van der Waals surface area contributed by atoms with Crippen LogP contribution in [0.1, 0.15) is 30.7 Å². The van der Waals surface area contributed by atoms with Crippen LogP contribution >= 0.6 is 0 Å². The molecule has 1 aromatic rings. The van der Waals surface area contributed by atoms with Crippen molar-refractivity contribution in [3.63, 3.8) is 0 Å². The summed E-state index contributed by atoms with van der Waals surface area (Å²) in [4.78, 5) is 11.9. The molecule has 0 aliphatic heterocycles. The Morgan fingerprint density at radius 2 is 2.14 bits per heavy atom. The first-order valence-corrected chi connectivity index (χ1v) is 7.57. The number of halogens is 1. The van der Waals surface area contributed by atoms with Gasteiger partial charge >= 0.3 is 6.03 Å². The number of aliphatic hydroxyl groups is 1. The second-order valence-electron chi connectivity index (χ2n) is 5.66. The summed E-state index contributed by atoms with van der Waals surface area (Å²) in [5.74, 6) is -0.0496. The zero-order valence-corrected chi connectivity index (χ0v) is 12.7. The van der Waals surface area contributed by atoms with E-state index < -0.39 is 6.10 Å². The van der Waals surface area contributed by atoms with E-state index in [1.54, 1.807) is 12.1 Å². The summed E-state index contributed by atoms with van der Waals surface area (Å²) in [6.07, 6.45) is 2.19. The Balaban J connectivity index is 1.85. The van der Waals surface area contributed by atoms with E-state index in [1.807, 2.05) is 0 Å². The number of hydrogen-bond acceptors (Lipinski definition) is 3. The maximum atomic E-state index is 13.0. The molecule has 3 unspecified atom stereocenters. The molecule has 3 N–H and O–H groups in total. The summed E-state index contributed by atoms with van der Waals surface area (Å²) >= 11 is 0. The number of nitrogens with one attached hydrogen (secondary N) is 2. The molecule has 3 atom stereocenters. The van der Waals surface area contributed by atoms with Crippen molar-refractivity contribution in [2.24, 2.45) is 0 Å². The second kappa shape index (κ2) is 8.10. The predicted octanol–water partition coefficient (Wildman–Crippen LogP) is 1.77. The van der Waals surface area contributed by atoms with Crippen LogP contribution in [0.4, 0.5) is 9.18 Å². The Kier molecular flexibility index (Phi) is 6.15. The van der Waals surface area contributed by atoms with Gasteiger partial charge in [-0.15, -0.1) is 0 Å². The van der Waals surface area contributed by atoms with Gasteiger partial charge in [0.1, 0.15) is 5.82 Å². The predicted molar refractivity (Wildman–Crippen MR) is 81.2 cm³/mol. The summed E-state index contributed by atoms with van der Waals surface area (Å²) in [7, 11) is 1.50. The summed E-state index contributed by atoms with van der Waals surface area (Å²) in [5.41, 5.74) is 1.05. The van der Waals surface area contributed by atoms with Crippen LogP contribution in [0.25, 0.3) is 0 Å². The minimum Gasteiger partial charge on any atom is -0.389 e. The summed E-state index contributed by atoms with van der Waals surface area (Å²) in [5, 5.41) is 15.1. The fourth-order valence-electron chi connectivity index (χ4n) is 2.92. The Labute approximate surface area is 129 Å². The van der Waals surface area contributed by atoms with Crippen molar-refractivity contribution >= 4 is 6.03 Å². The van der Waals surface area contributed by atoms with Gasteiger partial charge in [-0.05, 0) is 30.5 Å². The normalized spacial score (nSPS) is 22.3. The molecular weight excluding hydrogens is 287 g/mol. The van der Waals surface area contributed by atoms with Crippen molar-refractivity contribution in [3.05, 3.63) is 35.6 Å². The molecule has 0 bridgehead atoms. The zero-order chi connectivity index (χ0) is 15.9. The van der Waals surface area contributed by atoms with E-state index in [4.69, 9.17) is 4.74 Å². The van der Waals surface area contributed by atoms with E-state index in [-0.39, 0.29) is 37.0 Å². The van der Waals surface area contributed by atoms with Gasteiger partial charge < -0.3 is 20.5 Å². The average Bonchev–Trinajstić information content (AvgIpc) is 2.94. The maximum absolute atomic E-state index is 13.0. The van der Waals surface area contributed by atoms with E-state index in [0.29, 0.717) is 0 Å². The fraction of sp³-hybridized carbons (Fsp3) is 0.562. The van der Waals surface area contributed by atoms with Gasteiger partial charge in [0.05, 0.1) is 12.7 Å². The molecule has 0 spiro atoms. The van der Waals surface area contributed by atoms with Gasteiger partial charge in [-0.25, -0.2) is 9.18 Å². The quantitative estimate of drug-likeness (QED) is 0.750. The van der Waals surface area contributed by atoms with E-state index in [0.717, 1.165) is 24.8 Å². The molecular formula is C16H23FN2O3. The molecule has 1 aliphatic rings. The lowest BCUT2D eigenvalue weighted by molar-refractivity contribution is 0.0659. The standard InChI is InChI=1S/C16H23FN2O3/c1-22-10-13(20)9-18-16(21)19-15-4-2-3-14(15)11-5-7-12(17)8-6-11/h5-8,13-15,20H,2-4,9-10H2,1H3,(H2,18,19,21). The largest absolute Gasteiger partial charge is 0.389 e. The van der Waals surface area contributed by atoms with Crippen LogP contribution in [0.3, 0.4) is 0 Å². The Hall–Kier alpha value is -1.66. The molecule has 1 aliphatic carbocycles. The number of ether oxygens (including phenoxy) is 1. The van der Waals surface area contributed by atoms with Crippen LogP contribution in [-0.2, 0) is 4.74 Å². The molecule has 122 valence electrons. The number of hydrogen-bond donors (Lipinski definition) is 3. The molecule has 0 aromatic heterocycles. The van der Waals surface area contributed by atoms with Crippen molar-refractivity contribution in [3.8, 4) is 0 Å². The molecule has 0 radical (unpaired) electrons. The van der Waals surface area contributed by atoms with Gasteiger partial charge in [-0.2, -0.15) is 0 Å². The third-order valence-electron chi connectivity index (χ3n) is 3.99. The van der Waals surface area contributed by atoms with Gasteiger partial charge in [0.15, 0.2) is 0 Å². The highest BCUT2D eigenvalue weighted by molar-refractivity contribution is 5.74. The lowest BCUT2D eigenvalue weighted by Crippen LogP contribution is -2.45. The molecule has 1 saturated carbocycles. The lowest BCUT2D eigenvalue weighted by Gasteiger charge is -2.22. The summed E-state index contributed by atoms with van der Waals surface area (Å²) in [6, 6.07) is 6.19. The molecule has 5 nitrogen and oxygen atoms in total. The highest BCUT2D eigenvalue weighted by atomic mass is 19.1. The van der Waals surface area contributed by atoms with Crippen LogP contribution in [0.5, 0.6) is 0 Å². The SMILES string of the molecule is COCC(O)CNC(=O)NC1CCCC1c1ccc(F)cc1. The average molecular weight is 310 g/mol. The number of carbonyl (C=O) groups is 1. The van der Waals surface area contributed by atoms with Gasteiger partial charge in [0.25, 0.3) is 0 Å². The number of amides is 2. The Bertz CT molecular complexity index is 481. The zero-order valence-electron chi connectivity index (χ0n) is 12.7. The number of urea groups is 1. The highest BCUT2D eigenvalue weighted by Gasteiger charge is 2.29. The van der Waals surface area contributed by atoms with E-state index >= 15 is 0 Å². The molecule has 1 aromatic carbocycles. The topological polar surface area (TPSA) is 70.6 Å². The second-order valence-corrected chi connectivity index (χ2v) is 5.66. The molecule has 6 heteroatoms. The van der Waals surface area contributed by atoms with E-state index in [1.165, 1.54) is 19.2 Å². The van der Waals surface area contributed by atoms with E-state index in [2.05, 4.69) is 10.6 Å². The van der Waals surface area contributed by atoms with Gasteiger partial charge in [-0.1, -0.05) is 18.6 Å². The maximum Gasteiger partial charge on any atom is 0.315 e. The molecule has 2 rings (SSSR count). The number of aliphatic hydroxyl groups excluding tert-OH is 1. The minimum absolute atomic E-state index is 0.0324. The van der Waals surface area contributed by atoms with Gasteiger partial charge in [-0.3, -0.25) is 0 Å². The Morgan fingerprint density at radius 3 is 2.82 bits per heavy atom. The number of rotatable bonds is 6. The summed E-state index contributed by atoms with van der Waals surface area (Å²) in [6.45, 7) is 0.329. The molecule has 1 fully saturated rings. The molecule has 0 heterocycles. The molecule has 0 saturated heterocycles. The van der Waals surface area contributed by atoms with Crippen LogP contribution in [0, 0.1) is 5.82 Å². The van der Waals surface area contributed by atoms with E-state index in [9.17, 15) is 14.3 Å². The van der Waals surface area contributed by atoms with Crippen LogP contribution in [-0.4, -0.2) is 43.5 Å². The first-order chi connectivity index (χ1) is 10.6. The van der Waals surface area contributed by atoms with Crippen LogP contribution < -0.4 is 10.6 Å². The molecule has 22 heavy (non-hydrogen) atoms.